The number of fused-ring (bicyclic) bond motifs is 1. The van der Waals surface area contributed by atoms with Crippen molar-refractivity contribution in [2.75, 3.05) is 6.54 Å². The molecule has 106 valence electrons. The van der Waals surface area contributed by atoms with E-state index < -0.39 is 0 Å². The first-order valence-electron chi connectivity index (χ1n) is 6.79. The molecule has 2 aromatic rings. The molecule has 1 unspecified atom stereocenters. The van der Waals surface area contributed by atoms with Gasteiger partial charge in [-0.05, 0) is 18.1 Å². The van der Waals surface area contributed by atoms with Crippen LogP contribution in [0.25, 0.3) is 0 Å². The van der Waals surface area contributed by atoms with Crippen molar-refractivity contribution < 1.29 is 9.59 Å². The number of carbonyl (C=O) groups is 2. The number of amides is 2. The summed E-state index contributed by atoms with van der Waals surface area (Å²) < 4.78 is 0. The largest absolute Gasteiger partial charge is 0.324 e. The van der Waals surface area contributed by atoms with E-state index in [1.807, 2.05) is 30.3 Å². The van der Waals surface area contributed by atoms with E-state index in [4.69, 9.17) is 5.73 Å². The molecule has 1 atom stereocenters. The van der Waals surface area contributed by atoms with Crippen LogP contribution < -0.4 is 5.73 Å². The molecule has 5 nitrogen and oxygen atoms in total. The molecule has 0 fully saturated rings. The fourth-order valence-corrected chi connectivity index (χ4v) is 2.47. The summed E-state index contributed by atoms with van der Waals surface area (Å²) in [6, 6.07) is 11.0. The minimum atomic E-state index is -0.289. The standard InChI is InChI=1S/C16H15N3O2/c17-14(11-4-2-1-3-5-11)7-9-19-15(20)12-6-8-18-10-13(12)16(19)21/h1-6,8,10,14H,7,9,17H2. The topological polar surface area (TPSA) is 76.3 Å². The second-order valence-corrected chi connectivity index (χ2v) is 4.99. The Balaban J connectivity index is 1.70. The molecule has 1 aromatic carbocycles. The number of hydrogen-bond donors (Lipinski definition) is 1. The first-order chi connectivity index (χ1) is 10.2. The third kappa shape index (κ3) is 2.43. The molecule has 0 spiro atoms. The summed E-state index contributed by atoms with van der Waals surface area (Å²) in [6.07, 6.45) is 3.48. The molecular weight excluding hydrogens is 266 g/mol. The first-order valence-corrected chi connectivity index (χ1v) is 6.79. The summed E-state index contributed by atoms with van der Waals surface area (Å²) in [6.45, 7) is 0.308. The van der Waals surface area contributed by atoms with Gasteiger partial charge in [0, 0.05) is 25.0 Å². The smallest absolute Gasteiger partial charge is 0.263 e. The second kappa shape index (κ2) is 5.46. The van der Waals surface area contributed by atoms with Gasteiger partial charge in [-0.1, -0.05) is 30.3 Å². The molecule has 0 saturated carbocycles. The molecule has 21 heavy (non-hydrogen) atoms. The van der Waals surface area contributed by atoms with Crippen LogP contribution in [-0.2, 0) is 0 Å². The van der Waals surface area contributed by atoms with E-state index in [-0.39, 0.29) is 17.9 Å². The van der Waals surface area contributed by atoms with Crippen LogP contribution in [0, 0.1) is 0 Å². The number of rotatable bonds is 4. The van der Waals surface area contributed by atoms with E-state index in [0.29, 0.717) is 24.1 Å². The third-order valence-electron chi connectivity index (χ3n) is 3.66. The Kier molecular flexibility index (Phi) is 3.50. The van der Waals surface area contributed by atoms with Crippen LogP contribution in [0.15, 0.2) is 48.8 Å². The summed E-state index contributed by atoms with van der Waals surface area (Å²) >= 11 is 0. The summed E-state index contributed by atoms with van der Waals surface area (Å²) in [5, 5.41) is 0. The molecule has 3 rings (SSSR count). The lowest BCUT2D eigenvalue weighted by Gasteiger charge is -2.17. The van der Waals surface area contributed by atoms with Gasteiger partial charge in [-0.25, -0.2) is 0 Å². The van der Waals surface area contributed by atoms with Gasteiger partial charge in [0.15, 0.2) is 0 Å². The van der Waals surface area contributed by atoms with Crippen molar-refractivity contribution in [3.63, 3.8) is 0 Å². The van der Waals surface area contributed by atoms with Gasteiger partial charge in [0.1, 0.15) is 0 Å². The summed E-state index contributed by atoms with van der Waals surface area (Å²) in [5.74, 6) is -0.555. The van der Waals surface area contributed by atoms with Crippen LogP contribution in [-0.4, -0.2) is 28.2 Å². The quantitative estimate of drug-likeness (QED) is 0.866. The summed E-state index contributed by atoms with van der Waals surface area (Å²) in [5.41, 5.74) is 7.89. The third-order valence-corrected chi connectivity index (χ3v) is 3.66. The van der Waals surface area contributed by atoms with Crippen LogP contribution in [0.4, 0.5) is 0 Å². The average Bonchev–Trinajstić information content (AvgIpc) is 2.78. The van der Waals surface area contributed by atoms with Gasteiger partial charge in [-0.15, -0.1) is 0 Å². The maximum atomic E-state index is 12.2. The molecular formula is C16H15N3O2. The predicted octanol–water partition coefficient (Wildman–Crippen LogP) is 1.77. The molecule has 1 aliphatic heterocycles. The Morgan fingerprint density at radius 3 is 2.48 bits per heavy atom. The minimum absolute atomic E-state index is 0.200. The van der Waals surface area contributed by atoms with Crippen molar-refractivity contribution in [2.45, 2.75) is 12.5 Å². The summed E-state index contributed by atoms with van der Waals surface area (Å²) in [7, 11) is 0. The first kappa shape index (κ1) is 13.5. The zero-order chi connectivity index (χ0) is 14.8. The van der Waals surface area contributed by atoms with Crippen molar-refractivity contribution in [2.24, 2.45) is 5.73 Å². The monoisotopic (exact) mass is 281 g/mol. The Labute approximate surface area is 122 Å². The molecule has 0 saturated heterocycles. The van der Waals surface area contributed by atoms with Gasteiger partial charge in [0.2, 0.25) is 0 Å². The Morgan fingerprint density at radius 1 is 1.05 bits per heavy atom. The lowest BCUT2D eigenvalue weighted by molar-refractivity contribution is 0.0650. The van der Waals surface area contributed by atoms with Gasteiger partial charge in [-0.2, -0.15) is 0 Å². The number of nitrogens with two attached hydrogens (primary N) is 1. The highest BCUT2D eigenvalue weighted by Crippen LogP contribution is 2.23. The fourth-order valence-electron chi connectivity index (χ4n) is 2.47. The van der Waals surface area contributed by atoms with Gasteiger partial charge in [0.25, 0.3) is 11.8 Å². The number of imide groups is 1. The molecule has 1 aliphatic rings. The van der Waals surface area contributed by atoms with Crippen molar-refractivity contribution in [1.29, 1.82) is 0 Å². The SMILES string of the molecule is NC(CCN1C(=O)c2ccncc2C1=O)c1ccccc1. The molecule has 2 heterocycles. The van der Waals surface area contributed by atoms with E-state index in [9.17, 15) is 9.59 Å². The highest BCUT2D eigenvalue weighted by atomic mass is 16.2. The zero-order valence-corrected chi connectivity index (χ0v) is 11.4. The van der Waals surface area contributed by atoms with Crippen LogP contribution >= 0.6 is 0 Å². The van der Waals surface area contributed by atoms with E-state index in [1.54, 1.807) is 6.07 Å². The van der Waals surface area contributed by atoms with Crippen LogP contribution in [0.5, 0.6) is 0 Å². The highest BCUT2D eigenvalue weighted by molar-refractivity contribution is 6.21. The van der Waals surface area contributed by atoms with Gasteiger partial charge in [-0.3, -0.25) is 19.5 Å². The Bertz CT molecular complexity index is 650. The van der Waals surface area contributed by atoms with Gasteiger partial charge in [0.05, 0.1) is 11.1 Å². The Hall–Kier alpha value is -2.53. The van der Waals surface area contributed by atoms with Crippen LogP contribution in [0.1, 0.15) is 38.7 Å². The number of carbonyl (C=O) groups excluding carboxylic acids is 2. The molecule has 2 N–H and O–H groups in total. The summed E-state index contributed by atoms with van der Waals surface area (Å²) in [4.78, 5) is 29.5. The normalized spacial score (nSPS) is 15.2. The van der Waals surface area contributed by atoms with Crippen molar-refractivity contribution >= 4 is 11.8 Å². The fraction of sp³-hybridized carbons (Fsp3) is 0.188. The van der Waals surface area contributed by atoms with E-state index in [1.165, 1.54) is 17.3 Å². The van der Waals surface area contributed by atoms with E-state index in [0.717, 1.165) is 5.56 Å². The zero-order valence-electron chi connectivity index (χ0n) is 11.4. The van der Waals surface area contributed by atoms with Crippen molar-refractivity contribution in [3.05, 3.63) is 65.5 Å². The van der Waals surface area contributed by atoms with Crippen molar-refractivity contribution in [3.8, 4) is 0 Å². The molecule has 0 radical (unpaired) electrons. The minimum Gasteiger partial charge on any atom is -0.324 e. The van der Waals surface area contributed by atoms with E-state index in [2.05, 4.69) is 4.98 Å². The molecule has 0 aliphatic carbocycles. The average molecular weight is 281 g/mol. The van der Waals surface area contributed by atoms with Gasteiger partial charge >= 0.3 is 0 Å². The van der Waals surface area contributed by atoms with E-state index >= 15 is 0 Å². The molecule has 5 heteroatoms. The Morgan fingerprint density at radius 2 is 1.76 bits per heavy atom. The highest BCUT2D eigenvalue weighted by Gasteiger charge is 2.35. The predicted molar refractivity (Wildman–Crippen MR) is 77.6 cm³/mol. The number of nitrogens with zero attached hydrogens (tertiary/aromatic N) is 2. The number of benzene rings is 1. The van der Waals surface area contributed by atoms with Gasteiger partial charge < -0.3 is 5.73 Å². The number of aromatic nitrogens is 1. The number of hydrogen-bond acceptors (Lipinski definition) is 4. The molecule has 0 bridgehead atoms. The maximum absolute atomic E-state index is 12.2. The molecule has 1 aromatic heterocycles. The lowest BCUT2D eigenvalue weighted by atomic mass is 10.0. The van der Waals surface area contributed by atoms with Crippen LogP contribution in [0.2, 0.25) is 0 Å². The lowest BCUT2D eigenvalue weighted by Crippen LogP contribution is -2.32. The molecule has 2 amide bonds. The maximum Gasteiger partial charge on any atom is 0.263 e. The van der Waals surface area contributed by atoms with Crippen molar-refractivity contribution in [1.82, 2.24) is 9.88 Å². The van der Waals surface area contributed by atoms with Crippen LogP contribution in [0.3, 0.4) is 0 Å². The second-order valence-electron chi connectivity index (χ2n) is 4.99. The number of pyridine rings is 1.